The van der Waals surface area contributed by atoms with E-state index < -0.39 is 17.7 Å². The van der Waals surface area contributed by atoms with E-state index in [2.05, 4.69) is 0 Å². The van der Waals surface area contributed by atoms with Gasteiger partial charge in [-0.3, -0.25) is 14.5 Å². The summed E-state index contributed by atoms with van der Waals surface area (Å²) in [4.78, 5) is 29.2. The fourth-order valence-electron chi connectivity index (χ4n) is 4.98. The molecule has 1 aliphatic carbocycles. The standard InChI is InChI=1S/C28H27NO5S/c1-16-10-11-35-27(16)24-23(25(30)19-9-8-17-6-4-5-7-18(17)12-19)26(31)28(32)29(24)20-13-21(33-2)15-22(14-20)34-3/h8-15,24,30H,4-7H2,1-3H3/b25-23-. The van der Waals surface area contributed by atoms with E-state index in [0.29, 0.717) is 22.7 Å². The minimum atomic E-state index is -0.761. The molecule has 0 saturated carbocycles. The first kappa shape index (κ1) is 23.2. The van der Waals surface area contributed by atoms with E-state index in [9.17, 15) is 14.7 Å². The first-order valence-corrected chi connectivity index (χ1v) is 12.5. The Bertz CT molecular complexity index is 1330. The number of thiophene rings is 1. The van der Waals surface area contributed by atoms with E-state index in [1.165, 1.54) is 41.6 Å². The Morgan fingerprint density at radius 2 is 1.66 bits per heavy atom. The van der Waals surface area contributed by atoms with Gasteiger partial charge >= 0.3 is 0 Å². The highest BCUT2D eigenvalue weighted by molar-refractivity contribution is 7.10. The van der Waals surface area contributed by atoms with Crippen LogP contribution in [0.15, 0.2) is 53.4 Å². The fraction of sp³-hybridized carbons (Fsp3) is 0.286. The molecule has 1 saturated heterocycles. The van der Waals surface area contributed by atoms with Gasteiger partial charge in [-0.25, -0.2) is 0 Å². The highest BCUT2D eigenvalue weighted by Gasteiger charge is 2.48. The van der Waals surface area contributed by atoms with Crippen LogP contribution in [-0.4, -0.2) is 31.0 Å². The van der Waals surface area contributed by atoms with Crippen LogP contribution in [0.25, 0.3) is 5.76 Å². The van der Waals surface area contributed by atoms with Crippen LogP contribution in [0.5, 0.6) is 11.5 Å². The molecular weight excluding hydrogens is 462 g/mol. The van der Waals surface area contributed by atoms with E-state index in [1.54, 1.807) is 18.2 Å². The summed E-state index contributed by atoms with van der Waals surface area (Å²) in [7, 11) is 3.06. The zero-order valence-electron chi connectivity index (χ0n) is 20.0. The molecule has 3 aromatic rings. The number of rotatable bonds is 5. The number of aryl methyl sites for hydroxylation is 3. The number of carbonyl (C=O) groups is 2. The number of hydrogen-bond acceptors (Lipinski definition) is 6. The lowest BCUT2D eigenvalue weighted by atomic mass is 9.89. The summed E-state index contributed by atoms with van der Waals surface area (Å²) in [6.07, 6.45) is 4.23. The molecule has 2 aromatic carbocycles. The van der Waals surface area contributed by atoms with Crippen molar-refractivity contribution < 1.29 is 24.2 Å². The summed E-state index contributed by atoms with van der Waals surface area (Å²) in [6.45, 7) is 1.94. The molecule has 0 bridgehead atoms. The van der Waals surface area contributed by atoms with Crippen molar-refractivity contribution in [3.63, 3.8) is 0 Å². The van der Waals surface area contributed by atoms with Gasteiger partial charge in [0.05, 0.1) is 25.5 Å². The molecule has 2 heterocycles. The van der Waals surface area contributed by atoms with Crippen molar-refractivity contribution in [2.24, 2.45) is 0 Å². The molecule has 35 heavy (non-hydrogen) atoms. The third-order valence-corrected chi connectivity index (χ3v) is 7.90. The van der Waals surface area contributed by atoms with Crippen molar-refractivity contribution >= 4 is 34.5 Å². The Labute approximate surface area is 208 Å². The Balaban J connectivity index is 1.70. The highest BCUT2D eigenvalue weighted by Crippen LogP contribution is 2.46. The lowest BCUT2D eigenvalue weighted by Gasteiger charge is -2.26. The average molecular weight is 490 g/mol. The predicted molar refractivity (Wildman–Crippen MR) is 136 cm³/mol. The second kappa shape index (κ2) is 9.23. The third-order valence-electron chi connectivity index (χ3n) is 6.83. The van der Waals surface area contributed by atoms with Gasteiger partial charge in [0.2, 0.25) is 0 Å². The first-order valence-electron chi connectivity index (χ1n) is 11.6. The van der Waals surface area contributed by atoms with E-state index in [4.69, 9.17) is 9.47 Å². The van der Waals surface area contributed by atoms with Crippen LogP contribution < -0.4 is 14.4 Å². The van der Waals surface area contributed by atoms with Crippen LogP contribution in [-0.2, 0) is 22.4 Å². The number of nitrogens with zero attached hydrogens (tertiary/aromatic N) is 1. The Hall–Kier alpha value is -3.58. The molecule has 1 unspecified atom stereocenters. The molecule has 1 fully saturated rings. The van der Waals surface area contributed by atoms with Crippen molar-refractivity contribution in [3.05, 3.63) is 80.5 Å². The molecule has 0 radical (unpaired) electrons. The monoisotopic (exact) mass is 489 g/mol. The number of carbonyl (C=O) groups excluding carboxylic acids is 2. The van der Waals surface area contributed by atoms with Crippen LogP contribution in [0.3, 0.4) is 0 Å². The molecule has 6 nitrogen and oxygen atoms in total. The maximum atomic E-state index is 13.5. The summed E-state index contributed by atoms with van der Waals surface area (Å²) in [5, 5.41) is 13.4. The minimum Gasteiger partial charge on any atom is -0.507 e. The number of aliphatic hydroxyl groups excluding tert-OH is 1. The molecule has 2 aliphatic rings. The summed E-state index contributed by atoms with van der Waals surface area (Å²) >= 11 is 1.45. The Morgan fingerprint density at radius 3 is 2.29 bits per heavy atom. The van der Waals surface area contributed by atoms with E-state index >= 15 is 0 Å². The number of benzene rings is 2. The number of fused-ring (bicyclic) bond motifs is 1. The van der Waals surface area contributed by atoms with Crippen molar-refractivity contribution in [1.82, 2.24) is 0 Å². The molecule has 0 spiro atoms. The normalized spacial score (nSPS) is 19.1. The second-order valence-corrected chi connectivity index (χ2v) is 9.85. The summed E-state index contributed by atoms with van der Waals surface area (Å²) in [6, 6.07) is 12.1. The number of methoxy groups -OCH3 is 2. The van der Waals surface area contributed by atoms with E-state index in [0.717, 1.165) is 36.1 Å². The minimum absolute atomic E-state index is 0.0955. The molecule has 1 aromatic heterocycles. The summed E-state index contributed by atoms with van der Waals surface area (Å²) < 4.78 is 10.8. The van der Waals surface area contributed by atoms with Crippen molar-refractivity contribution in [1.29, 1.82) is 0 Å². The van der Waals surface area contributed by atoms with Gasteiger partial charge in [-0.2, -0.15) is 0 Å². The molecule has 1 amide bonds. The quantitative estimate of drug-likeness (QED) is 0.288. The fourth-order valence-corrected chi connectivity index (χ4v) is 6.00. The van der Waals surface area contributed by atoms with Crippen molar-refractivity contribution in [2.75, 3.05) is 19.1 Å². The number of ketones is 1. The smallest absolute Gasteiger partial charge is 0.300 e. The summed E-state index contributed by atoms with van der Waals surface area (Å²) in [5.41, 5.74) is 4.53. The maximum absolute atomic E-state index is 13.5. The number of ether oxygens (including phenoxy) is 2. The zero-order valence-corrected chi connectivity index (χ0v) is 20.8. The molecule has 1 N–H and O–H groups in total. The van der Waals surface area contributed by atoms with Gasteiger partial charge in [0.15, 0.2) is 0 Å². The van der Waals surface area contributed by atoms with Gasteiger partial charge < -0.3 is 14.6 Å². The van der Waals surface area contributed by atoms with Gasteiger partial charge in [-0.15, -0.1) is 11.3 Å². The molecule has 180 valence electrons. The topological polar surface area (TPSA) is 76.1 Å². The van der Waals surface area contributed by atoms with Crippen molar-refractivity contribution in [3.8, 4) is 11.5 Å². The van der Waals surface area contributed by atoms with Gasteiger partial charge in [0, 0.05) is 28.6 Å². The molecule has 7 heteroatoms. The van der Waals surface area contributed by atoms with Crippen LogP contribution >= 0.6 is 11.3 Å². The average Bonchev–Trinajstić information content (AvgIpc) is 3.42. The van der Waals surface area contributed by atoms with Gasteiger partial charge in [0.25, 0.3) is 11.7 Å². The third kappa shape index (κ3) is 4.00. The second-order valence-electron chi connectivity index (χ2n) is 8.90. The maximum Gasteiger partial charge on any atom is 0.300 e. The van der Waals surface area contributed by atoms with Gasteiger partial charge in [0.1, 0.15) is 23.3 Å². The molecule has 5 rings (SSSR count). The van der Waals surface area contributed by atoms with Crippen LogP contribution in [0.1, 0.15) is 46.0 Å². The largest absolute Gasteiger partial charge is 0.507 e. The van der Waals surface area contributed by atoms with Crippen LogP contribution in [0, 0.1) is 6.92 Å². The van der Waals surface area contributed by atoms with Gasteiger partial charge in [-0.1, -0.05) is 12.1 Å². The van der Waals surface area contributed by atoms with Crippen LogP contribution in [0.4, 0.5) is 5.69 Å². The number of Topliss-reactive ketones (excluding diaryl/α,β-unsaturated/α-hetero) is 1. The molecular formula is C28H27NO5S. The number of hydrogen-bond donors (Lipinski definition) is 1. The van der Waals surface area contributed by atoms with Gasteiger partial charge in [-0.05, 0) is 66.8 Å². The summed E-state index contributed by atoms with van der Waals surface area (Å²) in [5.74, 6) is -0.556. The molecule has 1 aliphatic heterocycles. The Kier molecular flexibility index (Phi) is 6.11. The highest BCUT2D eigenvalue weighted by atomic mass is 32.1. The number of aliphatic hydroxyl groups is 1. The number of amides is 1. The first-order chi connectivity index (χ1) is 16.9. The lowest BCUT2D eigenvalue weighted by Crippen LogP contribution is -2.29. The van der Waals surface area contributed by atoms with Crippen molar-refractivity contribution in [2.45, 2.75) is 38.6 Å². The van der Waals surface area contributed by atoms with E-state index in [-0.39, 0.29) is 11.3 Å². The molecule has 1 atom stereocenters. The zero-order chi connectivity index (χ0) is 24.7. The lowest BCUT2D eigenvalue weighted by molar-refractivity contribution is -0.132. The predicted octanol–water partition coefficient (Wildman–Crippen LogP) is 5.58. The SMILES string of the molecule is COc1cc(OC)cc(N2C(=O)C(=O)/C(=C(\O)c3ccc4c(c3)CCCC4)C2c2sccc2C)c1. The Morgan fingerprint density at radius 1 is 0.971 bits per heavy atom. The van der Waals surface area contributed by atoms with E-state index in [1.807, 2.05) is 36.6 Å². The number of anilines is 1. The van der Waals surface area contributed by atoms with Crippen LogP contribution in [0.2, 0.25) is 0 Å².